The molecule has 5 N–H and O–H groups in total. The molecule has 176 valence electrons. The molecule has 0 unspecified atom stereocenters. The van der Waals surface area contributed by atoms with E-state index >= 15 is 0 Å². The quantitative estimate of drug-likeness (QED) is 0.153. The van der Waals surface area contributed by atoms with Gasteiger partial charge in [0, 0.05) is 6.54 Å². The van der Waals surface area contributed by atoms with Crippen molar-refractivity contribution >= 4 is 10.4 Å². The summed E-state index contributed by atoms with van der Waals surface area (Å²) < 4.78 is 33.0. The molecule has 0 aliphatic heterocycles. The minimum Gasteiger partial charge on any atom is -0.504 e. The molecule has 0 amide bonds. The van der Waals surface area contributed by atoms with Crippen molar-refractivity contribution in [3.05, 3.63) is 23.8 Å². The molecule has 9 heteroatoms. The molecular formula is C21H39NO7S. The Morgan fingerprint density at radius 3 is 1.93 bits per heavy atom. The van der Waals surface area contributed by atoms with E-state index in [9.17, 15) is 13.5 Å². The number of phenolic OH excluding ortho intramolecular Hbond substituents is 2. The molecule has 1 atom stereocenters. The largest absolute Gasteiger partial charge is 0.504 e. The average Bonchev–Trinajstić information content (AvgIpc) is 2.68. The van der Waals surface area contributed by atoms with E-state index in [0.717, 1.165) is 12.8 Å². The summed E-state index contributed by atoms with van der Waals surface area (Å²) in [4.78, 5) is 0. The molecule has 0 fully saturated rings. The molecule has 0 aliphatic rings. The highest BCUT2D eigenvalue weighted by molar-refractivity contribution is 7.80. The van der Waals surface area contributed by atoms with E-state index in [1.807, 2.05) is 0 Å². The smallest absolute Gasteiger partial charge is 0.397 e. The first kappa shape index (κ1) is 28.6. The molecule has 0 saturated heterocycles. The van der Waals surface area contributed by atoms with Crippen LogP contribution in [0.2, 0.25) is 0 Å². The van der Waals surface area contributed by atoms with E-state index in [-0.39, 0.29) is 18.1 Å². The number of rotatable bonds is 15. The van der Waals surface area contributed by atoms with Gasteiger partial charge in [-0.25, -0.2) is 4.18 Å². The van der Waals surface area contributed by atoms with E-state index < -0.39 is 16.5 Å². The highest BCUT2D eigenvalue weighted by Gasteiger charge is 2.08. The minimum atomic E-state index is -4.23. The molecule has 1 aromatic rings. The molecule has 0 heterocycles. The van der Waals surface area contributed by atoms with Crippen molar-refractivity contribution in [2.24, 2.45) is 0 Å². The molecule has 30 heavy (non-hydrogen) atoms. The number of unbranched alkanes of at least 4 members (excludes halogenated alkanes) is 9. The maximum Gasteiger partial charge on any atom is 0.397 e. The fourth-order valence-corrected chi connectivity index (χ4v) is 3.14. The van der Waals surface area contributed by atoms with Crippen molar-refractivity contribution in [3.8, 4) is 11.5 Å². The van der Waals surface area contributed by atoms with Gasteiger partial charge in [-0.05, 0) is 31.2 Å². The summed E-state index contributed by atoms with van der Waals surface area (Å²) in [5, 5.41) is 30.4. The molecule has 0 bridgehead atoms. The summed E-state index contributed by atoms with van der Waals surface area (Å²) in [6.45, 7) is 2.72. The lowest BCUT2D eigenvalue weighted by atomic mass is 10.1. The van der Waals surface area contributed by atoms with Crippen molar-refractivity contribution in [2.45, 2.75) is 77.2 Å². The van der Waals surface area contributed by atoms with E-state index in [4.69, 9.17) is 14.8 Å². The normalized spacial score (nSPS) is 12.3. The van der Waals surface area contributed by atoms with E-state index in [1.54, 1.807) is 13.1 Å². The number of aliphatic hydroxyl groups excluding tert-OH is 1. The van der Waals surface area contributed by atoms with Crippen LogP contribution in [0, 0.1) is 0 Å². The van der Waals surface area contributed by atoms with Crippen LogP contribution in [0.5, 0.6) is 11.5 Å². The van der Waals surface area contributed by atoms with Gasteiger partial charge in [-0.1, -0.05) is 70.8 Å². The predicted octanol–water partition coefficient (Wildman–Crippen LogP) is 4.08. The van der Waals surface area contributed by atoms with Crippen LogP contribution in [-0.2, 0) is 14.6 Å². The maximum atomic E-state index is 10.2. The lowest BCUT2D eigenvalue weighted by Gasteiger charge is -2.10. The predicted molar refractivity (Wildman–Crippen MR) is 118 cm³/mol. The summed E-state index contributed by atoms with van der Waals surface area (Å²) in [5.41, 5.74) is 0.574. The Morgan fingerprint density at radius 1 is 0.933 bits per heavy atom. The van der Waals surface area contributed by atoms with E-state index in [2.05, 4.69) is 16.4 Å². The van der Waals surface area contributed by atoms with Gasteiger partial charge in [0.15, 0.2) is 11.5 Å². The van der Waals surface area contributed by atoms with Gasteiger partial charge in [0.25, 0.3) is 0 Å². The molecule has 0 radical (unpaired) electrons. The van der Waals surface area contributed by atoms with Crippen LogP contribution in [0.25, 0.3) is 0 Å². The first-order valence-corrected chi connectivity index (χ1v) is 12.0. The minimum absolute atomic E-state index is 0.0926. The highest BCUT2D eigenvalue weighted by Crippen LogP contribution is 2.27. The number of benzene rings is 1. The third-order valence-corrected chi connectivity index (χ3v) is 4.98. The number of aromatic hydroxyl groups is 2. The zero-order valence-electron chi connectivity index (χ0n) is 18.2. The van der Waals surface area contributed by atoms with Crippen molar-refractivity contribution in [2.75, 3.05) is 20.2 Å². The third-order valence-electron chi connectivity index (χ3n) is 4.51. The van der Waals surface area contributed by atoms with Crippen LogP contribution in [-0.4, -0.2) is 48.5 Å². The lowest BCUT2D eigenvalue weighted by Crippen LogP contribution is -2.16. The van der Waals surface area contributed by atoms with Gasteiger partial charge in [-0.15, -0.1) is 0 Å². The number of aliphatic hydroxyl groups is 1. The number of hydrogen-bond donors (Lipinski definition) is 5. The summed E-state index contributed by atoms with van der Waals surface area (Å²) in [6.07, 6.45) is 11.2. The van der Waals surface area contributed by atoms with Crippen molar-refractivity contribution in [1.29, 1.82) is 0 Å². The van der Waals surface area contributed by atoms with Crippen molar-refractivity contribution in [1.82, 2.24) is 5.32 Å². The molecular weight excluding hydrogens is 410 g/mol. The van der Waals surface area contributed by atoms with Gasteiger partial charge < -0.3 is 20.6 Å². The Bertz CT molecular complexity index is 653. The van der Waals surface area contributed by atoms with Gasteiger partial charge in [-0.2, -0.15) is 8.42 Å². The molecule has 0 saturated carbocycles. The number of likely N-dealkylation sites (N-methyl/N-ethyl adjacent to an activating group) is 1. The molecule has 1 rings (SSSR count). The maximum absolute atomic E-state index is 10.2. The molecule has 0 aliphatic carbocycles. The fraction of sp³-hybridized carbons (Fsp3) is 0.714. The molecule has 0 spiro atoms. The van der Waals surface area contributed by atoms with E-state index in [1.165, 1.54) is 57.1 Å². The van der Waals surface area contributed by atoms with Crippen LogP contribution >= 0.6 is 0 Å². The highest BCUT2D eigenvalue weighted by atomic mass is 32.3. The number of hydrogen-bond acceptors (Lipinski definition) is 7. The third kappa shape index (κ3) is 16.4. The van der Waals surface area contributed by atoms with Gasteiger partial charge in [-0.3, -0.25) is 4.55 Å². The average molecular weight is 450 g/mol. The van der Waals surface area contributed by atoms with Crippen LogP contribution < -0.4 is 5.32 Å². The molecule has 8 nitrogen and oxygen atoms in total. The van der Waals surface area contributed by atoms with Gasteiger partial charge >= 0.3 is 10.4 Å². The SMILES string of the molecule is CCCCCCCCCCCCOS(=O)(=O)O.CNC[C@H](O)c1ccc(O)c(O)c1. The first-order chi connectivity index (χ1) is 14.2. The monoisotopic (exact) mass is 449 g/mol. The lowest BCUT2D eigenvalue weighted by molar-refractivity contribution is 0.177. The number of phenols is 2. The Morgan fingerprint density at radius 2 is 1.47 bits per heavy atom. The summed E-state index contributed by atoms with van der Waals surface area (Å²) in [5.74, 6) is -0.395. The zero-order chi connectivity index (χ0) is 22.8. The van der Waals surface area contributed by atoms with E-state index in [0.29, 0.717) is 18.5 Å². The van der Waals surface area contributed by atoms with Crippen LogP contribution in [0.15, 0.2) is 18.2 Å². The second-order valence-corrected chi connectivity index (χ2v) is 8.34. The van der Waals surface area contributed by atoms with Gasteiger partial charge in [0.1, 0.15) is 0 Å². The fourth-order valence-electron chi connectivity index (χ4n) is 2.81. The molecule has 0 aromatic heterocycles. The van der Waals surface area contributed by atoms with Gasteiger partial charge in [0.2, 0.25) is 0 Å². The second kappa shape index (κ2) is 17.3. The first-order valence-electron chi connectivity index (χ1n) is 10.7. The second-order valence-electron chi connectivity index (χ2n) is 7.25. The standard InChI is InChI=1S/C12H26O4S.C9H13NO3/c1-2-3-4-5-6-7-8-9-10-11-12-16-17(13,14)15;1-10-5-9(13)6-2-3-7(11)8(12)4-6/h2-12H2,1H3,(H,13,14,15);2-4,9-13H,5H2,1H3/t;9-/m.0/s1. The Kier molecular flexibility index (Phi) is 16.5. The van der Waals surface area contributed by atoms with Crippen molar-refractivity contribution in [3.63, 3.8) is 0 Å². The summed E-state index contributed by atoms with van der Waals surface area (Å²) in [7, 11) is -2.51. The van der Waals surface area contributed by atoms with Crippen LogP contribution in [0.3, 0.4) is 0 Å². The Labute approximate surface area is 181 Å². The Balaban J connectivity index is 0.000000579. The van der Waals surface area contributed by atoms with Crippen LogP contribution in [0.4, 0.5) is 0 Å². The molecule has 1 aromatic carbocycles. The zero-order valence-corrected chi connectivity index (χ0v) is 19.0. The van der Waals surface area contributed by atoms with Gasteiger partial charge in [0.05, 0.1) is 12.7 Å². The summed E-state index contributed by atoms with van der Waals surface area (Å²) >= 11 is 0. The topological polar surface area (TPSA) is 136 Å². The summed E-state index contributed by atoms with van der Waals surface area (Å²) in [6, 6.07) is 4.26. The van der Waals surface area contributed by atoms with Crippen molar-refractivity contribution < 1.29 is 32.5 Å². The van der Waals surface area contributed by atoms with Crippen LogP contribution in [0.1, 0.15) is 82.8 Å². The Hall–Kier alpha value is -1.39. The number of nitrogens with one attached hydrogen (secondary N) is 1.